The maximum Gasteiger partial charge on any atom is 0.225 e. The van der Waals surface area contributed by atoms with Crippen LogP contribution in [0.25, 0.3) is 0 Å². The van der Waals surface area contributed by atoms with Gasteiger partial charge in [-0.25, -0.2) is 0 Å². The largest absolute Gasteiger partial charge is 0.352 e. The molecule has 0 aromatic carbocycles. The summed E-state index contributed by atoms with van der Waals surface area (Å²) in [5.74, 6) is -0.0786. The van der Waals surface area contributed by atoms with Crippen LogP contribution < -0.4 is 5.32 Å². The maximum atomic E-state index is 12.2. The van der Waals surface area contributed by atoms with Gasteiger partial charge in [-0.15, -0.1) is 17.9 Å². The van der Waals surface area contributed by atoms with Gasteiger partial charge >= 0.3 is 0 Å². The zero-order valence-electron chi connectivity index (χ0n) is 11.0. The Hall–Kier alpha value is -1.62. The van der Waals surface area contributed by atoms with E-state index in [0.29, 0.717) is 19.4 Å². The Morgan fingerprint density at radius 2 is 2.47 bits per heavy atom. The molecule has 4 nitrogen and oxygen atoms in total. The highest BCUT2D eigenvalue weighted by molar-refractivity contribution is 7.10. The van der Waals surface area contributed by atoms with Crippen molar-refractivity contribution in [3.8, 4) is 0 Å². The standard InChI is InChI=1S/C14H18N2O2S/c1-3-8-15-14(18)10-6-7-12(17)16(2)13(10)11-5-4-9-19-11/h3-5,9-10,13H,1,6-8H2,2H3,(H,15,18)/t10-,13+/m1/s1. The summed E-state index contributed by atoms with van der Waals surface area (Å²) >= 11 is 1.59. The van der Waals surface area contributed by atoms with Crippen LogP contribution in [-0.4, -0.2) is 30.3 Å². The van der Waals surface area contributed by atoms with Crippen LogP contribution >= 0.6 is 11.3 Å². The fourth-order valence-corrected chi connectivity index (χ4v) is 3.40. The summed E-state index contributed by atoms with van der Waals surface area (Å²) in [5.41, 5.74) is 0. The Morgan fingerprint density at radius 3 is 3.11 bits per heavy atom. The summed E-state index contributed by atoms with van der Waals surface area (Å²) in [4.78, 5) is 26.9. The zero-order valence-corrected chi connectivity index (χ0v) is 11.8. The minimum absolute atomic E-state index is 0.00218. The minimum Gasteiger partial charge on any atom is -0.352 e. The quantitative estimate of drug-likeness (QED) is 0.856. The Labute approximate surface area is 117 Å². The molecule has 1 aliphatic heterocycles. The third kappa shape index (κ3) is 2.87. The van der Waals surface area contributed by atoms with Gasteiger partial charge in [-0.05, 0) is 17.9 Å². The number of nitrogens with zero attached hydrogens (tertiary/aromatic N) is 1. The molecular formula is C14H18N2O2S. The van der Waals surface area contributed by atoms with Gasteiger partial charge < -0.3 is 10.2 Å². The topological polar surface area (TPSA) is 49.4 Å². The van der Waals surface area contributed by atoms with Gasteiger partial charge in [0.15, 0.2) is 0 Å². The number of carbonyl (C=O) groups is 2. The molecule has 5 heteroatoms. The van der Waals surface area contributed by atoms with E-state index < -0.39 is 0 Å². The van der Waals surface area contributed by atoms with Gasteiger partial charge in [0, 0.05) is 24.9 Å². The van der Waals surface area contributed by atoms with Gasteiger partial charge in [0.1, 0.15) is 0 Å². The van der Waals surface area contributed by atoms with Crippen molar-refractivity contribution in [2.45, 2.75) is 18.9 Å². The molecule has 0 bridgehead atoms. The van der Waals surface area contributed by atoms with Crippen molar-refractivity contribution < 1.29 is 9.59 Å². The highest BCUT2D eigenvalue weighted by Gasteiger charge is 2.39. The normalized spacial score (nSPS) is 23.2. The number of amides is 2. The van der Waals surface area contributed by atoms with Crippen molar-refractivity contribution in [1.82, 2.24) is 10.2 Å². The van der Waals surface area contributed by atoms with Crippen molar-refractivity contribution in [3.05, 3.63) is 35.0 Å². The average molecular weight is 278 g/mol. The van der Waals surface area contributed by atoms with Crippen LogP contribution in [0, 0.1) is 5.92 Å². The first-order chi connectivity index (χ1) is 9.15. The van der Waals surface area contributed by atoms with Gasteiger partial charge in [-0.3, -0.25) is 9.59 Å². The summed E-state index contributed by atoms with van der Waals surface area (Å²) in [6.45, 7) is 4.06. The third-order valence-corrected chi connectivity index (χ3v) is 4.40. The van der Waals surface area contributed by atoms with Crippen LogP contribution in [0.2, 0.25) is 0 Å². The van der Waals surface area contributed by atoms with Gasteiger partial charge in [-0.1, -0.05) is 12.1 Å². The lowest BCUT2D eigenvalue weighted by atomic mass is 9.87. The Morgan fingerprint density at radius 1 is 1.68 bits per heavy atom. The van der Waals surface area contributed by atoms with Crippen molar-refractivity contribution in [3.63, 3.8) is 0 Å². The molecule has 2 heterocycles. The molecule has 0 radical (unpaired) electrons. The van der Waals surface area contributed by atoms with Gasteiger partial charge in [-0.2, -0.15) is 0 Å². The second-order valence-electron chi connectivity index (χ2n) is 4.64. The number of nitrogens with one attached hydrogen (secondary N) is 1. The van der Waals surface area contributed by atoms with Crippen LogP contribution in [-0.2, 0) is 9.59 Å². The molecule has 102 valence electrons. The number of hydrogen-bond donors (Lipinski definition) is 1. The van der Waals surface area contributed by atoms with Crippen molar-refractivity contribution >= 4 is 23.2 Å². The highest BCUT2D eigenvalue weighted by Crippen LogP contribution is 2.37. The molecule has 0 unspecified atom stereocenters. The summed E-state index contributed by atoms with van der Waals surface area (Å²) in [6.07, 6.45) is 2.70. The van der Waals surface area contributed by atoms with Gasteiger partial charge in [0.25, 0.3) is 0 Å². The fourth-order valence-electron chi connectivity index (χ4n) is 2.47. The fraction of sp³-hybridized carbons (Fsp3) is 0.429. The highest BCUT2D eigenvalue weighted by atomic mass is 32.1. The van der Waals surface area contributed by atoms with E-state index in [4.69, 9.17) is 0 Å². The second-order valence-corrected chi connectivity index (χ2v) is 5.62. The number of likely N-dealkylation sites (tertiary alicyclic amines) is 1. The van der Waals surface area contributed by atoms with Crippen molar-refractivity contribution in [2.24, 2.45) is 5.92 Å². The predicted molar refractivity (Wildman–Crippen MR) is 75.8 cm³/mol. The van der Waals surface area contributed by atoms with E-state index in [1.807, 2.05) is 17.5 Å². The van der Waals surface area contributed by atoms with Crippen LogP contribution in [0.3, 0.4) is 0 Å². The number of thiophene rings is 1. The van der Waals surface area contributed by atoms with E-state index >= 15 is 0 Å². The number of carbonyl (C=O) groups excluding carboxylic acids is 2. The molecule has 1 aliphatic rings. The first kappa shape index (κ1) is 13.8. The van der Waals surface area contributed by atoms with Crippen molar-refractivity contribution in [2.75, 3.05) is 13.6 Å². The minimum atomic E-state index is -0.179. The number of piperidine rings is 1. The summed E-state index contributed by atoms with van der Waals surface area (Å²) in [7, 11) is 1.78. The SMILES string of the molecule is C=CCNC(=O)[C@@H]1CCC(=O)N(C)[C@@H]1c1cccs1. The van der Waals surface area contributed by atoms with Crippen molar-refractivity contribution in [1.29, 1.82) is 0 Å². The summed E-state index contributed by atoms with van der Waals surface area (Å²) in [5, 5.41) is 4.81. The molecule has 1 N–H and O–H groups in total. The predicted octanol–water partition coefficient (Wildman–Crippen LogP) is 1.96. The average Bonchev–Trinajstić information content (AvgIpc) is 2.92. The van der Waals surface area contributed by atoms with Gasteiger partial charge in [0.2, 0.25) is 11.8 Å². The molecule has 1 fully saturated rings. The first-order valence-electron chi connectivity index (χ1n) is 6.32. The van der Waals surface area contributed by atoms with Crippen LogP contribution in [0.5, 0.6) is 0 Å². The smallest absolute Gasteiger partial charge is 0.225 e. The van der Waals surface area contributed by atoms with Gasteiger partial charge in [0.05, 0.1) is 12.0 Å². The van der Waals surface area contributed by atoms with Crippen LogP contribution in [0.4, 0.5) is 0 Å². The van der Waals surface area contributed by atoms with Crippen LogP contribution in [0.1, 0.15) is 23.8 Å². The van der Waals surface area contributed by atoms with E-state index in [1.165, 1.54) is 0 Å². The van der Waals surface area contributed by atoms with E-state index in [9.17, 15) is 9.59 Å². The molecular weight excluding hydrogens is 260 g/mol. The Balaban J connectivity index is 2.22. The van der Waals surface area contributed by atoms with E-state index in [2.05, 4.69) is 11.9 Å². The van der Waals surface area contributed by atoms with E-state index in [0.717, 1.165) is 4.88 Å². The van der Waals surface area contributed by atoms with E-state index in [-0.39, 0.29) is 23.8 Å². The molecule has 0 aliphatic carbocycles. The molecule has 1 saturated heterocycles. The third-order valence-electron chi connectivity index (χ3n) is 3.45. The number of hydrogen-bond acceptors (Lipinski definition) is 3. The second kappa shape index (κ2) is 6.02. The Bertz CT molecular complexity index is 470. The lowest BCUT2D eigenvalue weighted by Crippen LogP contribution is -2.46. The number of rotatable bonds is 4. The molecule has 0 saturated carbocycles. The maximum absolute atomic E-state index is 12.2. The lowest BCUT2D eigenvalue weighted by molar-refractivity contribution is -0.141. The molecule has 1 aromatic heterocycles. The molecule has 2 atom stereocenters. The molecule has 2 amide bonds. The first-order valence-corrected chi connectivity index (χ1v) is 7.20. The molecule has 19 heavy (non-hydrogen) atoms. The van der Waals surface area contributed by atoms with E-state index in [1.54, 1.807) is 29.4 Å². The molecule has 0 spiro atoms. The molecule has 2 rings (SSSR count). The summed E-state index contributed by atoms with van der Waals surface area (Å²) < 4.78 is 0. The molecule has 1 aromatic rings. The zero-order chi connectivity index (χ0) is 13.8. The summed E-state index contributed by atoms with van der Waals surface area (Å²) in [6, 6.07) is 3.79. The lowest BCUT2D eigenvalue weighted by Gasteiger charge is -2.37. The Kier molecular flexibility index (Phi) is 4.37. The van der Waals surface area contributed by atoms with Crippen LogP contribution in [0.15, 0.2) is 30.2 Å². The monoisotopic (exact) mass is 278 g/mol.